The summed E-state index contributed by atoms with van der Waals surface area (Å²) >= 11 is 10.6. The third-order valence-electron chi connectivity index (χ3n) is 1.88. The zero-order chi connectivity index (χ0) is 12.3. The van der Waals surface area contributed by atoms with Gasteiger partial charge in [0, 0.05) is 19.1 Å². The highest BCUT2D eigenvalue weighted by Crippen LogP contribution is 2.21. The van der Waals surface area contributed by atoms with Crippen LogP contribution in [0, 0.1) is 0 Å². The van der Waals surface area contributed by atoms with Gasteiger partial charge in [0.05, 0.1) is 11.3 Å². The SMILES string of the molecule is CN(C)C(=O)c1ccc(Cl)cc1NC(N)=S. The van der Waals surface area contributed by atoms with Gasteiger partial charge in [-0.3, -0.25) is 4.79 Å². The number of anilines is 1. The first kappa shape index (κ1) is 12.7. The Kier molecular flexibility index (Phi) is 4.09. The van der Waals surface area contributed by atoms with Crippen LogP contribution < -0.4 is 11.1 Å². The molecule has 0 saturated heterocycles. The second kappa shape index (κ2) is 5.14. The fraction of sp³-hybridized carbons (Fsp3) is 0.200. The van der Waals surface area contributed by atoms with Crippen molar-refractivity contribution >= 4 is 40.5 Å². The molecule has 4 nitrogen and oxygen atoms in total. The van der Waals surface area contributed by atoms with Crippen LogP contribution >= 0.6 is 23.8 Å². The second-order valence-electron chi connectivity index (χ2n) is 3.38. The highest BCUT2D eigenvalue weighted by molar-refractivity contribution is 7.80. The van der Waals surface area contributed by atoms with Crippen molar-refractivity contribution in [1.29, 1.82) is 0 Å². The molecule has 1 amide bonds. The van der Waals surface area contributed by atoms with Crippen LogP contribution in [0.1, 0.15) is 10.4 Å². The van der Waals surface area contributed by atoms with Gasteiger partial charge in [-0.05, 0) is 30.4 Å². The molecular weight excluding hydrogens is 246 g/mol. The predicted molar refractivity (Wildman–Crippen MR) is 69.9 cm³/mol. The van der Waals surface area contributed by atoms with Crippen LogP contribution in [-0.4, -0.2) is 30.0 Å². The van der Waals surface area contributed by atoms with Gasteiger partial charge < -0.3 is 16.0 Å². The van der Waals surface area contributed by atoms with Gasteiger partial charge in [-0.15, -0.1) is 0 Å². The van der Waals surface area contributed by atoms with Crippen LogP contribution in [0.15, 0.2) is 18.2 Å². The lowest BCUT2D eigenvalue weighted by molar-refractivity contribution is 0.0828. The van der Waals surface area contributed by atoms with E-state index in [1.54, 1.807) is 32.3 Å². The molecule has 0 aliphatic rings. The van der Waals surface area contributed by atoms with Crippen molar-refractivity contribution in [3.63, 3.8) is 0 Å². The molecule has 86 valence electrons. The summed E-state index contributed by atoms with van der Waals surface area (Å²) in [6.45, 7) is 0. The molecule has 0 fully saturated rings. The van der Waals surface area contributed by atoms with Gasteiger partial charge in [0.2, 0.25) is 0 Å². The maximum Gasteiger partial charge on any atom is 0.255 e. The van der Waals surface area contributed by atoms with Crippen LogP contribution in [0.2, 0.25) is 5.02 Å². The molecule has 0 radical (unpaired) electrons. The van der Waals surface area contributed by atoms with Gasteiger partial charge in [0.25, 0.3) is 5.91 Å². The van der Waals surface area contributed by atoms with Crippen molar-refractivity contribution < 1.29 is 4.79 Å². The number of nitrogens with two attached hydrogens (primary N) is 1. The van der Waals surface area contributed by atoms with Gasteiger partial charge in [0.1, 0.15) is 0 Å². The summed E-state index contributed by atoms with van der Waals surface area (Å²) < 4.78 is 0. The van der Waals surface area contributed by atoms with Gasteiger partial charge in [-0.1, -0.05) is 11.6 Å². The summed E-state index contributed by atoms with van der Waals surface area (Å²) in [6.07, 6.45) is 0. The van der Waals surface area contributed by atoms with Gasteiger partial charge in [-0.25, -0.2) is 0 Å². The fourth-order valence-electron chi connectivity index (χ4n) is 1.18. The Balaban J connectivity index is 3.17. The number of benzene rings is 1. The summed E-state index contributed by atoms with van der Waals surface area (Å²) in [6, 6.07) is 4.88. The quantitative estimate of drug-likeness (QED) is 0.792. The van der Waals surface area contributed by atoms with Gasteiger partial charge >= 0.3 is 0 Å². The van der Waals surface area contributed by atoms with Gasteiger partial charge in [0.15, 0.2) is 5.11 Å². The first-order valence-electron chi connectivity index (χ1n) is 4.49. The van der Waals surface area contributed by atoms with Crippen LogP contribution in [0.25, 0.3) is 0 Å². The third-order valence-corrected chi connectivity index (χ3v) is 2.21. The van der Waals surface area contributed by atoms with E-state index >= 15 is 0 Å². The zero-order valence-electron chi connectivity index (χ0n) is 8.95. The molecule has 16 heavy (non-hydrogen) atoms. The standard InChI is InChI=1S/C10H12ClN3OS/c1-14(2)9(15)7-4-3-6(11)5-8(7)13-10(12)16/h3-5H,1-2H3,(H3,12,13,16). The summed E-state index contributed by atoms with van der Waals surface area (Å²) in [5, 5.41) is 3.33. The Bertz CT molecular complexity index is 434. The Morgan fingerprint density at radius 1 is 1.50 bits per heavy atom. The van der Waals surface area contributed by atoms with Crippen molar-refractivity contribution in [2.45, 2.75) is 0 Å². The number of carbonyl (C=O) groups excluding carboxylic acids is 1. The second-order valence-corrected chi connectivity index (χ2v) is 4.25. The lowest BCUT2D eigenvalue weighted by Crippen LogP contribution is -2.25. The normalized spacial score (nSPS) is 9.69. The largest absolute Gasteiger partial charge is 0.376 e. The van der Waals surface area contributed by atoms with Crippen molar-refractivity contribution in [3.8, 4) is 0 Å². The van der Waals surface area contributed by atoms with Crippen molar-refractivity contribution in [2.24, 2.45) is 5.73 Å². The molecule has 0 saturated carbocycles. The number of thiocarbonyl (C=S) groups is 1. The molecule has 1 aromatic carbocycles. The first-order chi connectivity index (χ1) is 7.41. The number of nitrogens with one attached hydrogen (secondary N) is 1. The van der Waals surface area contributed by atoms with E-state index in [0.717, 1.165) is 0 Å². The summed E-state index contributed by atoms with van der Waals surface area (Å²) in [5.41, 5.74) is 6.36. The van der Waals surface area contributed by atoms with Gasteiger partial charge in [-0.2, -0.15) is 0 Å². The van der Waals surface area contributed by atoms with Crippen LogP contribution in [0.5, 0.6) is 0 Å². The highest BCUT2D eigenvalue weighted by atomic mass is 35.5. The minimum absolute atomic E-state index is 0.0927. The smallest absolute Gasteiger partial charge is 0.255 e. The molecule has 0 atom stereocenters. The van der Waals surface area contributed by atoms with E-state index in [0.29, 0.717) is 16.3 Å². The zero-order valence-corrected chi connectivity index (χ0v) is 10.5. The van der Waals surface area contributed by atoms with E-state index in [4.69, 9.17) is 29.6 Å². The average Bonchev–Trinajstić information content (AvgIpc) is 2.15. The molecule has 1 rings (SSSR count). The average molecular weight is 258 g/mol. The molecule has 6 heteroatoms. The Morgan fingerprint density at radius 2 is 2.12 bits per heavy atom. The van der Waals surface area contributed by atoms with Crippen molar-refractivity contribution in [2.75, 3.05) is 19.4 Å². The molecule has 1 aromatic rings. The minimum atomic E-state index is -0.143. The molecule has 0 spiro atoms. The topological polar surface area (TPSA) is 58.4 Å². The molecule has 0 aliphatic carbocycles. The molecule has 0 bridgehead atoms. The summed E-state index contributed by atoms with van der Waals surface area (Å²) in [4.78, 5) is 13.3. The number of nitrogens with zero attached hydrogens (tertiary/aromatic N) is 1. The number of amides is 1. The first-order valence-corrected chi connectivity index (χ1v) is 5.28. The Morgan fingerprint density at radius 3 is 2.62 bits per heavy atom. The fourth-order valence-corrected chi connectivity index (χ4v) is 1.46. The van der Waals surface area contributed by atoms with E-state index in [1.165, 1.54) is 4.90 Å². The summed E-state index contributed by atoms with van der Waals surface area (Å²) in [7, 11) is 3.34. The molecule has 0 heterocycles. The Hall–Kier alpha value is -1.33. The van der Waals surface area contributed by atoms with E-state index < -0.39 is 0 Å². The number of rotatable bonds is 2. The molecule has 0 aliphatic heterocycles. The molecule has 0 aromatic heterocycles. The number of halogens is 1. The number of hydrogen-bond acceptors (Lipinski definition) is 2. The predicted octanol–water partition coefficient (Wildman–Crippen LogP) is 1.70. The Labute approximate surface area is 104 Å². The van der Waals surface area contributed by atoms with E-state index in [2.05, 4.69) is 5.32 Å². The van der Waals surface area contributed by atoms with Crippen LogP contribution in [0.4, 0.5) is 5.69 Å². The van der Waals surface area contributed by atoms with Crippen LogP contribution in [-0.2, 0) is 0 Å². The number of hydrogen-bond donors (Lipinski definition) is 2. The maximum atomic E-state index is 11.8. The lowest BCUT2D eigenvalue weighted by Gasteiger charge is -2.14. The highest BCUT2D eigenvalue weighted by Gasteiger charge is 2.13. The minimum Gasteiger partial charge on any atom is -0.376 e. The maximum absolute atomic E-state index is 11.8. The monoisotopic (exact) mass is 257 g/mol. The van der Waals surface area contributed by atoms with Crippen LogP contribution in [0.3, 0.4) is 0 Å². The van der Waals surface area contributed by atoms with Crippen molar-refractivity contribution in [3.05, 3.63) is 28.8 Å². The van der Waals surface area contributed by atoms with E-state index in [9.17, 15) is 4.79 Å². The third kappa shape index (κ3) is 3.08. The number of carbonyl (C=O) groups is 1. The summed E-state index contributed by atoms with van der Waals surface area (Å²) in [5.74, 6) is -0.143. The van der Waals surface area contributed by atoms with Crippen molar-refractivity contribution in [1.82, 2.24) is 4.90 Å². The van der Waals surface area contributed by atoms with E-state index in [1.807, 2.05) is 0 Å². The molecule has 3 N–H and O–H groups in total. The van der Waals surface area contributed by atoms with E-state index in [-0.39, 0.29) is 11.0 Å². The lowest BCUT2D eigenvalue weighted by atomic mass is 10.1. The molecular formula is C10H12ClN3OS. The molecule has 0 unspecified atom stereocenters.